The minimum absolute atomic E-state index is 0.285. The number of carbonyl (C=O) groups is 1. The molecule has 1 saturated heterocycles. The van der Waals surface area contributed by atoms with Gasteiger partial charge >= 0.3 is 0 Å². The number of hydrogen-bond acceptors (Lipinski definition) is 7. The molecule has 150 valence electrons. The normalized spacial score (nSPS) is 14.4. The number of amides is 1. The predicted molar refractivity (Wildman–Crippen MR) is 107 cm³/mol. The Labute approximate surface area is 164 Å². The van der Waals surface area contributed by atoms with E-state index >= 15 is 0 Å². The molecule has 1 aromatic carbocycles. The van der Waals surface area contributed by atoms with Crippen LogP contribution < -0.4 is 20.1 Å². The lowest BCUT2D eigenvalue weighted by molar-refractivity contribution is 0.0398. The fourth-order valence-electron chi connectivity index (χ4n) is 2.92. The number of hydrogen-bond donors (Lipinski definition) is 2. The highest BCUT2D eigenvalue weighted by atomic mass is 16.5. The Hall–Kier alpha value is -2.84. The number of anilines is 2. The molecule has 1 aromatic heterocycles. The van der Waals surface area contributed by atoms with E-state index in [4.69, 9.17) is 14.2 Å². The first kappa shape index (κ1) is 19.9. The minimum atomic E-state index is -0.285. The SMILES string of the molecule is COc1ccc(NC(=O)c2ccc(NCCN3CCOCC3)cn2)cc1OC. The smallest absolute Gasteiger partial charge is 0.274 e. The van der Waals surface area contributed by atoms with Crippen LogP contribution in [-0.4, -0.2) is 69.4 Å². The number of rotatable bonds is 8. The van der Waals surface area contributed by atoms with Crippen molar-refractivity contribution in [3.05, 3.63) is 42.2 Å². The van der Waals surface area contributed by atoms with E-state index in [-0.39, 0.29) is 5.91 Å². The number of ether oxygens (including phenoxy) is 3. The van der Waals surface area contributed by atoms with Gasteiger partial charge in [-0.25, -0.2) is 4.98 Å². The van der Waals surface area contributed by atoms with Crippen molar-refractivity contribution in [2.24, 2.45) is 0 Å². The van der Waals surface area contributed by atoms with Crippen LogP contribution in [0.1, 0.15) is 10.5 Å². The number of aromatic nitrogens is 1. The van der Waals surface area contributed by atoms with Crippen LogP contribution in [0.4, 0.5) is 11.4 Å². The molecule has 0 unspecified atom stereocenters. The number of methoxy groups -OCH3 is 2. The Morgan fingerprint density at radius 2 is 1.86 bits per heavy atom. The van der Waals surface area contributed by atoms with Crippen molar-refractivity contribution in [1.82, 2.24) is 9.88 Å². The average Bonchev–Trinajstić information content (AvgIpc) is 2.75. The maximum atomic E-state index is 12.4. The Morgan fingerprint density at radius 1 is 1.11 bits per heavy atom. The lowest BCUT2D eigenvalue weighted by Crippen LogP contribution is -2.39. The molecule has 8 nitrogen and oxygen atoms in total. The minimum Gasteiger partial charge on any atom is -0.493 e. The molecule has 0 atom stereocenters. The van der Waals surface area contributed by atoms with E-state index in [0.717, 1.165) is 45.1 Å². The largest absolute Gasteiger partial charge is 0.493 e. The van der Waals surface area contributed by atoms with E-state index < -0.39 is 0 Å². The van der Waals surface area contributed by atoms with E-state index in [9.17, 15) is 4.79 Å². The Kier molecular flexibility index (Phi) is 7.05. The van der Waals surface area contributed by atoms with Crippen LogP contribution in [-0.2, 0) is 4.74 Å². The standard InChI is InChI=1S/C20H26N4O4/c1-26-18-6-4-15(13-19(18)27-2)23-20(25)17-5-3-16(14-22-17)21-7-8-24-9-11-28-12-10-24/h3-6,13-14,21H,7-12H2,1-2H3,(H,23,25). The van der Waals surface area contributed by atoms with Gasteiger partial charge in [-0.05, 0) is 24.3 Å². The number of benzene rings is 1. The van der Waals surface area contributed by atoms with Gasteiger partial charge in [-0.3, -0.25) is 9.69 Å². The first-order valence-corrected chi connectivity index (χ1v) is 9.23. The lowest BCUT2D eigenvalue weighted by atomic mass is 10.2. The number of pyridine rings is 1. The summed E-state index contributed by atoms with van der Waals surface area (Å²) in [4.78, 5) is 19.0. The van der Waals surface area contributed by atoms with Crippen LogP contribution >= 0.6 is 0 Å². The summed E-state index contributed by atoms with van der Waals surface area (Å²) in [5, 5.41) is 6.14. The van der Waals surface area contributed by atoms with Gasteiger partial charge in [0.1, 0.15) is 5.69 Å². The third-order valence-electron chi connectivity index (χ3n) is 4.50. The number of morpholine rings is 1. The van der Waals surface area contributed by atoms with Crippen LogP contribution in [0.25, 0.3) is 0 Å². The highest BCUT2D eigenvalue weighted by Crippen LogP contribution is 2.29. The van der Waals surface area contributed by atoms with Crippen molar-refractivity contribution in [2.45, 2.75) is 0 Å². The van der Waals surface area contributed by atoms with Crippen LogP contribution in [0.3, 0.4) is 0 Å². The predicted octanol–water partition coefficient (Wildman–Crippen LogP) is 2.10. The molecule has 0 radical (unpaired) electrons. The number of nitrogens with zero attached hydrogens (tertiary/aromatic N) is 2. The summed E-state index contributed by atoms with van der Waals surface area (Å²) in [6.07, 6.45) is 1.67. The molecule has 0 spiro atoms. The molecule has 2 aromatic rings. The van der Waals surface area contributed by atoms with Gasteiger partial charge in [-0.15, -0.1) is 0 Å². The lowest BCUT2D eigenvalue weighted by Gasteiger charge is -2.26. The van der Waals surface area contributed by atoms with Gasteiger partial charge in [0.25, 0.3) is 5.91 Å². The summed E-state index contributed by atoms with van der Waals surface area (Å²) >= 11 is 0. The van der Waals surface area contributed by atoms with Crippen LogP contribution in [0.2, 0.25) is 0 Å². The Balaban J connectivity index is 1.51. The van der Waals surface area contributed by atoms with Crippen molar-refractivity contribution >= 4 is 17.3 Å². The van der Waals surface area contributed by atoms with Crippen molar-refractivity contribution in [3.8, 4) is 11.5 Å². The molecule has 0 saturated carbocycles. The zero-order valence-electron chi connectivity index (χ0n) is 16.2. The van der Waals surface area contributed by atoms with Gasteiger partial charge in [0.15, 0.2) is 11.5 Å². The molecule has 1 aliphatic heterocycles. The summed E-state index contributed by atoms with van der Waals surface area (Å²) in [5.41, 5.74) is 1.83. The second-order valence-corrected chi connectivity index (χ2v) is 6.34. The molecule has 2 heterocycles. The third kappa shape index (κ3) is 5.34. The molecule has 0 bridgehead atoms. The summed E-state index contributed by atoms with van der Waals surface area (Å²) in [7, 11) is 3.12. The van der Waals surface area contributed by atoms with Crippen LogP contribution in [0.5, 0.6) is 11.5 Å². The molecular formula is C20H26N4O4. The molecule has 8 heteroatoms. The quantitative estimate of drug-likeness (QED) is 0.719. The Bertz CT molecular complexity index is 776. The van der Waals surface area contributed by atoms with Crippen molar-refractivity contribution in [1.29, 1.82) is 0 Å². The highest BCUT2D eigenvalue weighted by Gasteiger charge is 2.11. The average molecular weight is 386 g/mol. The van der Waals surface area contributed by atoms with Gasteiger partial charge in [0.2, 0.25) is 0 Å². The monoisotopic (exact) mass is 386 g/mol. The second-order valence-electron chi connectivity index (χ2n) is 6.34. The summed E-state index contributed by atoms with van der Waals surface area (Å²) in [6, 6.07) is 8.76. The maximum Gasteiger partial charge on any atom is 0.274 e. The maximum absolute atomic E-state index is 12.4. The fraction of sp³-hybridized carbons (Fsp3) is 0.400. The topological polar surface area (TPSA) is 85.0 Å². The van der Waals surface area contributed by atoms with Gasteiger partial charge in [-0.2, -0.15) is 0 Å². The molecule has 28 heavy (non-hydrogen) atoms. The first-order chi connectivity index (χ1) is 13.7. The summed E-state index contributed by atoms with van der Waals surface area (Å²) < 4.78 is 15.8. The van der Waals surface area contributed by atoms with E-state index in [0.29, 0.717) is 22.9 Å². The number of nitrogens with one attached hydrogen (secondary N) is 2. The zero-order chi connectivity index (χ0) is 19.8. The number of carbonyl (C=O) groups excluding carboxylic acids is 1. The van der Waals surface area contributed by atoms with Crippen molar-refractivity contribution < 1.29 is 19.0 Å². The first-order valence-electron chi connectivity index (χ1n) is 9.23. The molecule has 3 rings (SSSR count). The molecular weight excluding hydrogens is 360 g/mol. The van der Waals surface area contributed by atoms with Crippen LogP contribution in [0, 0.1) is 0 Å². The molecule has 2 N–H and O–H groups in total. The summed E-state index contributed by atoms with van der Waals surface area (Å²) in [5.74, 6) is 0.867. The van der Waals surface area contributed by atoms with Gasteiger partial charge in [0.05, 0.1) is 39.3 Å². The van der Waals surface area contributed by atoms with Crippen LogP contribution in [0.15, 0.2) is 36.5 Å². The van der Waals surface area contributed by atoms with Crippen molar-refractivity contribution in [2.75, 3.05) is 64.2 Å². The van der Waals surface area contributed by atoms with E-state index in [2.05, 4.69) is 20.5 Å². The third-order valence-corrected chi connectivity index (χ3v) is 4.50. The van der Waals surface area contributed by atoms with E-state index in [1.54, 1.807) is 44.7 Å². The van der Waals surface area contributed by atoms with Gasteiger partial charge in [-0.1, -0.05) is 0 Å². The molecule has 1 aliphatic rings. The molecule has 1 amide bonds. The molecule has 1 fully saturated rings. The van der Waals surface area contributed by atoms with Crippen molar-refractivity contribution in [3.63, 3.8) is 0 Å². The Morgan fingerprint density at radius 3 is 2.54 bits per heavy atom. The van der Waals surface area contributed by atoms with Gasteiger partial charge in [0, 0.05) is 37.9 Å². The van der Waals surface area contributed by atoms with Gasteiger partial charge < -0.3 is 24.8 Å². The zero-order valence-corrected chi connectivity index (χ0v) is 16.2. The molecule has 0 aliphatic carbocycles. The fourth-order valence-corrected chi connectivity index (χ4v) is 2.92. The van der Waals surface area contributed by atoms with E-state index in [1.165, 1.54) is 0 Å². The highest BCUT2D eigenvalue weighted by molar-refractivity contribution is 6.03. The summed E-state index contributed by atoms with van der Waals surface area (Å²) in [6.45, 7) is 5.30. The second kappa shape index (κ2) is 9.91. The van der Waals surface area contributed by atoms with E-state index in [1.807, 2.05) is 6.07 Å².